The Morgan fingerprint density at radius 1 is 0.686 bits per heavy atom. The highest BCUT2D eigenvalue weighted by Crippen LogP contribution is 2.45. The third-order valence-corrected chi connectivity index (χ3v) is 5.73. The van der Waals surface area contributed by atoms with Crippen LogP contribution in [-0.2, 0) is 4.79 Å². The van der Waals surface area contributed by atoms with Crippen molar-refractivity contribution in [1.82, 2.24) is 0 Å². The summed E-state index contributed by atoms with van der Waals surface area (Å²) in [4.78, 5) is 24.5. The van der Waals surface area contributed by atoms with Crippen LogP contribution in [-0.4, -0.2) is 17.0 Å². The quantitative estimate of drug-likeness (QED) is 0.180. The normalized spacial score (nSPS) is 10.7. The van der Waals surface area contributed by atoms with Crippen LogP contribution in [0, 0.1) is 0 Å². The van der Waals surface area contributed by atoms with Crippen molar-refractivity contribution < 1.29 is 24.2 Å². The van der Waals surface area contributed by atoms with Gasteiger partial charge < -0.3 is 14.6 Å². The number of phenols is 1. The van der Waals surface area contributed by atoms with Gasteiger partial charge in [-0.25, -0.2) is 9.59 Å². The molecule has 0 spiro atoms. The van der Waals surface area contributed by atoms with E-state index in [1.165, 1.54) is 24.3 Å². The van der Waals surface area contributed by atoms with E-state index in [0.717, 1.165) is 27.6 Å². The zero-order valence-electron chi connectivity index (χ0n) is 18.6. The maximum atomic E-state index is 13.1. The molecule has 0 saturated carbocycles. The monoisotopic (exact) mass is 460 g/mol. The van der Waals surface area contributed by atoms with E-state index >= 15 is 0 Å². The molecule has 35 heavy (non-hydrogen) atoms. The largest absolute Gasteiger partial charge is 0.507 e. The van der Waals surface area contributed by atoms with Crippen molar-refractivity contribution in [2.75, 3.05) is 0 Å². The van der Waals surface area contributed by atoms with Gasteiger partial charge in [0.15, 0.2) is 0 Å². The van der Waals surface area contributed by atoms with Gasteiger partial charge in [0.2, 0.25) is 0 Å². The van der Waals surface area contributed by atoms with Gasteiger partial charge in [-0.1, -0.05) is 67.2 Å². The number of fused-ring (bicyclic) bond motifs is 2. The molecular formula is C30H20O5. The number of benzene rings is 5. The average molecular weight is 460 g/mol. The van der Waals surface area contributed by atoms with Crippen LogP contribution in [0.1, 0.15) is 10.4 Å². The van der Waals surface area contributed by atoms with Crippen LogP contribution in [0.5, 0.6) is 17.2 Å². The summed E-state index contributed by atoms with van der Waals surface area (Å²) >= 11 is 0. The van der Waals surface area contributed by atoms with E-state index in [0.29, 0.717) is 22.6 Å². The van der Waals surface area contributed by atoms with Crippen molar-refractivity contribution >= 4 is 33.5 Å². The second-order valence-electron chi connectivity index (χ2n) is 7.88. The summed E-state index contributed by atoms with van der Waals surface area (Å²) in [6.45, 7) is 3.36. The molecule has 0 aliphatic rings. The van der Waals surface area contributed by atoms with Crippen LogP contribution in [0.15, 0.2) is 110 Å². The summed E-state index contributed by atoms with van der Waals surface area (Å²) in [7, 11) is 0. The zero-order chi connectivity index (χ0) is 24.4. The average Bonchev–Trinajstić information content (AvgIpc) is 2.89. The first-order valence-corrected chi connectivity index (χ1v) is 10.9. The Morgan fingerprint density at radius 3 is 1.94 bits per heavy atom. The molecule has 5 aromatic carbocycles. The summed E-state index contributed by atoms with van der Waals surface area (Å²) < 4.78 is 10.9. The van der Waals surface area contributed by atoms with Crippen molar-refractivity contribution in [3.8, 4) is 28.4 Å². The maximum absolute atomic E-state index is 13.1. The zero-order valence-corrected chi connectivity index (χ0v) is 18.6. The minimum atomic E-state index is -0.587. The van der Waals surface area contributed by atoms with Crippen LogP contribution in [0.4, 0.5) is 0 Å². The minimum absolute atomic E-state index is 0.0886. The number of hydrogen-bond acceptors (Lipinski definition) is 5. The highest BCUT2D eigenvalue weighted by atomic mass is 16.5. The van der Waals surface area contributed by atoms with Crippen molar-refractivity contribution in [3.63, 3.8) is 0 Å². The van der Waals surface area contributed by atoms with E-state index in [1.54, 1.807) is 12.1 Å². The lowest BCUT2D eigenvalue weighted by molar-refractivity contribution is -0.128. The first kappa shape index (κ1) is 21.9. The van der Waals surface area contributed by atoms with Gasteiger partial charge >= 0.3 is 11.9 Å². The van der Waals surface area contributed by atoms with Crippen molar-refractivity contribution in [3.05, 3.63) is 115 Å². The smallest absolute Gasteiger partial charge is 0.343 e. The molecule has 0 amide bonds. The minimum Gasteiger partial charge on any atom is -0.507 e. The fourth-order valence-corrected chi connectivity index (χ4v) is 4.09. The van der Waals surface area contributed by atoms with Gasteiger partial charge in [0.1, 0.15) is 17.2 Å². The molecule has 0 atom stereocenters. The molecule has 0 radical (unpaired) electrons. The first-order valence-electron chi connectivity index (χ1n) is 10.9. The van der Waals surface area contributed by atoms with Gasteiger partial charge in [-0.15, -0.1) is 0 Å². The molecule has 170 valence electrons. The van der Waals surface area contributed by atoms with E-state index < -0.39 is 11.9 Å². The van der Waals surface area contributed by atoms with Crippen LogP contribution in [0.25, 0.3) is 32.7 Å². The topological polar surface area (TPSA) is 72.8 Å². The predicted octanol–water partition coefficient (Wildman–Crippen LogP) is 6.68. The highest BCUT2D eigenvalue weighted by Gasteiger charge is 2.20. The molecule has 0 fully saturated rings. The Bertz CT molecular complexity index is 1600. The lowest BCUT2D eigenvalue weighted by atomic mass is 9.92. The lowest BCUT2D eigenvalue weighted by Crippen LogP contribution is -2.10. The van der Waals surface area contributed by atoms with Crippen LogP contribution < -0.4 is 9.47 Å². The number of hydrogen-bond donors (Lipinski definition) is 1. The van der Waals surface area contributed by atoms with Gasteiger partial charge in [-0.2, -0.15) is 0 Å². The summed E-state index contributed by atoms with van der Waals surface area (Å²) in [6, 6.07) is 28.6. The number of carbonyl (C=O) groups is 2. The number of esters is 2. The standard InChI is InChI=1S/C30H20O5/c1-2-27(32)34-22-15-11-21(12-16-22)30(33)35-26-18-14-20-8-4-6-10-24(20)29(26)28-23-9-5-3-7-19(23)13-17-25(28)31/h2-18,31H,1H2. The molecule has 5 heteroatoms. The molecule has 0 heterocycles. The Balaban J connectivity index is 1.61. The molecule has 5 aromatic rings. The molecule has 0 bridgehead atoms. The van der Waals surface area contributed by atoms with Crippen LogP contribution >= 0.6 is 0 Å². The molecular weight excluding hydrogens is 440 g/mol. The number of phenolic OH excluding ortho intramolecular Hbond substituents is 1. The maximum Gasteiger partial charge on any atom is 0.343 e. The second-order valence-corrected chi connectivity index (χ2v) is 7.88. The molecule has 0 aromatic heterocycles. The Labute approximate surface area is 201 Å². The number of ether oxygens (including phenoxy) is 2. The Morgan fingerprint density at radius 2 is 1.29 bits per heavy atom. The van der Waals surface area contributed by atoms with E-state index in [1.807, 2.05) is 60.7 Å². The van der Waals surface area contributed by atoms with Crippen molar-refractivity contribution in [2.24, 2.45) is 0 Å². The predicted molar refractivity (Wildman–Crippen MR) is 136 cm³/mol. The summed E-state index contributed by atoms with van der Waals surface area (Å²) in [5.41, 5.74) is 1.50. The van der Waals surface area contributed by atoms with E-state index in [2.05, 4.69) is 6.58 Å². The summed E-state index contributed by atoms with van der Waals surface area (Å²) in [5.74, 6) is -0.467. The third-order valence-electron chi connectivity index (χ3n) is 5.73. The molecule has 5 nitrogen and oxygen atoms in total. The molecule has 5 rings (SSSR count). The van der Waals surface area contributed by atoms with Crippen LogP contribution in [0.2, 0.25) is 0 Å². The fraction of sp³-hybridized carbons (Fsp3) is 0. The molecule has 0 aliphatic heterocycles. The number of aromatic hydroxyl groups is 1. The first-order chi connectivity index (χ1) is 17.0. The van der Waals surface area contributed by atoms with Gasteiger partial charge in [-0.05, 0) is 57.9 Å². The highest BCUT2D eigenvalue weighted by molar-refractivity contribution is 6.10. The van der Waals surface area contributed by atoms with Crippen molar-refractivity contribution in [2.45, 2.75) is 0 Å². The Hall–Kier alpha value is -4.90. The van der Waals surface area contributed by atoms with E-state index in [4.69, 9.17) is 9.47 Å². The second kappa shape index (κ2) is 9.15. The molecule has 1 N–H and O–H groups in total. The van der Waals surface area contributed by atoms with Crippen LogP contribution in [0.3, 0.4) is 0 Å². The van der Waals surface area contributed by atoms with Crippen molar-refractivity contribution in [1.29, 1.82) is 0 Å². The summed E-state index contributed by atoms with van der Waals surface area (Å²) in [6.07, 6.45) is 1.06. The summed E-state index contributed by atoms with van der Waals surface area (Å²) in [5, 5.41) is 14.5. The fourth-order valence-electron chi connectivity index (χ4n) is 4.09. The van der Waals surface area contributed by atoms with Gasteiger partial charge in [0.25, 0.3) is 0 Å². The SMILES string of the molecule is C=CC(=O)Oc1ccc(C(=O)Oc2ccc3ccccc3c2-c2c(O)ccc3ccccc23)cc1. The van der Waals surface area contributed by atoms with E-state index in [-0.39, 0.29) is 11.3 Å². The lowest BCUT2D eigenvalue weighted by Gasteiger charge is -2.17. The van der Waals surface area contributed by atoms with E-state index in [9.17, 15) is 14.7 Å². The number of carbonyl (C=O) groups excluding carboxylic acids is 2. The Kier molecular flexibility index (Phi) is 5.73. The van der Waals surface area contributed by atoms with Gasteiger partial charge in [0.05, 0.1) is 5.56 Å². The molecule has 0 saturated heterocycles. The van der Waals surface area contributed by atoms with Gasteiger partial charge in [-0.3, -0.25) is 0 Å². The number of rotatable bonds is 5. The third kappa shape index (κ3) is 4.23. The molecule has 0 aliphatic carbocycles. The molecule has 0 unspecified atom stereocenters. The van der Waals surface area contributed by atoms with Gasteiger partial charge in [0, 0.05) is 17.2 Å².